The maximum atomic E-state index is 12.8. The molecule has 1 atom stereocenters. The second kappa shape index (κ2) is 56.0. The molecule has 0 fully saturated rings. The largest absolute Gasteiger partial charge is 0.462 e. The van der Waals surface area contributed by atoms with Crippen LogP contribution < -0.4 is 0 Å². The quantitative estimate of drug-likeness (QED) is 0.0262. The van der Waals surface area contributed by atoms with E-state index in [1.807, 2.05) is 0 Å². The van der Waals surface area contributed by atoms with E-state index in [4.69, 9.17) is 14.2 Å². The molecule has 0 aromatic rings. The highest BCUT2D eigenvalue weighted by Crippen LogP contribution is 2.17. The molecule has 0 bridgehead atoms. The van der Waals surface area contributed by atoms with Crippen LogP contribution in [0.4, 0.5) is 0 Å². The minimum absolute atomic E-state index is 0.0802. The van der Waals surface area contributed by atoms with Crippen molar-refractivity contribution < 1.29 is 28.6 Å². The Balaban J connectivity index is 4.20. The number of rotatable bonds is 53. The Morgan fingerprint density at radius 3 is 0.985 bits per heavy atom. The molecule has 390 valence electrons. The predicted molar refractivity (Wildman–Crippen MR) is 289 cm³/mol. The van der Waals surface area contributed by atoms with Crippen LogP contribution in [-0.4, -0.2) is 37.2 Å². The lowest BCUT2D eigenvalue weighted by Crippen LogP contribution is -2.30. The van der Waals surface area contributed by atoms with Crippen molar-refractivity contribution in [1.29, 1.82) is 0 Å². The third kappa shape index (κ3) is 54.2. The second-order valence-corrected chi connectivity index (χ2v) is 19.5. The number of unbranched alkanes of at least 4 members (excludes halogenated alkanes) is 34. The van der Waals surface area contributed by atoms with E-state index < -0.39 is 6.10 Å². The van der Waals surface area contributed by atoms with Gasteiger partial charge >= 0.3 is 17.9 Å². The normalized spacial score (nSPS) is 12.3. The molecule has 0 heterocycles. The molecule has 0 rings (SSSR count). The number of carbonyl (C=O) groups excluding carboxylic acids is 3. The molecule has 67 heavy (non-hydrogen) atoms. The van der Waals surface area contributed by atoms with Crippen LogP contribution in [0.15, 0.2) is 48.6 Å². The predicted octanol–water partition coefficient (Wildman–Crippen LogP) is 19.4. The van der Waals surface area contributed by atoms with E-state index >= 15 is 0 Å². The molecule has 0 radical (unpaired) electrons. The first-order valence-electron chi connectivity index (χ1n) is 29.1. The first-order valence-corrected chi connectivity index (χ1v) is 29.1. The van der Waals surface area contributed by atoms with Gasteiger partial charge in [0.2, 0.25) is 0 Å². The lowest BCUT2D eigenvalue weighted by molar-refractivity contribution is -0.167. The first-order chi connectivity index (χ1) is 33.0. The van der Waals surface area contributed by atoms with Crippen LogP contribution in [0.5, 0.6) is 0 Å². The molecule has 0 aliphatic rings. The molecule has 0 saturated carbocycles. The van der Waals surface area contributed by atoms with Gasteiger partial charge in [-0.05, 0) is 70.6 Å². The number of carbonyl (C=O) groups is 3. The maximum absolute atomic E-state index is 12.8. The molecule has 0 aliphatic heterocycles. The van der Waals surface area contributed by atoms with Gasteiger partial charge in [-0.25, -0.2) is 0 Å². The van der Waals surface area contributed by atoms with Crippen molar-refractivity contribution in [3.05, 3.63) is 48.6 Å². The Morgan fingerprint density at radius 1 is 0.313 bits per heavy atom. The average molecular weight is 940 g/mol. The molecule has 0 N–H and O–H groups in total. The van der Waals surface area contributed by atoms with Crippen LogP contribution in [0, 0.1) is 0 Å². The zero-order valence-electron chi connectivity index (χ0n) is 44.7. The number of hydrogen-bond acceptors (Lipinski definition) is 6. The lowest BCUT2D eigenvalue weighted by Gasteiger charge is -2.18. The highest BCUT2D eigenvalue weighted by Gasteiger charge is 2.19. The summed E-state index contributed by atoms with van der Waals surface area (Å²) in [5.41, 5.74) is 0. The SMILES string of the molecule is CC/C=C\C/C=C\C/C=C\CCCCCCCC(=O)OC(COC(=O)CCCCCCC/C=C\CCC)COC(=O)CCCCCCCCCCCCCCCCCCCCCCCCCC. The summed E-state index contributed by atoms with van der Waals surface area (Å²) in [4.78, 5) is 38.0. The van der Waals surface area contributed by atoms with Gasteiger partial charge in [-0.1, -0.05) is 262 Å². The van der Waals surface area contributed by atoms with Crippen molar-refractivity contribution in [1.82, 2.24) is 0 Å². The Kier molecular flexibility index (Phi) is 53.8. The van der Waals surface area contributed by atoms with Crippen molar-refractivity contribution in [2.45, 2.75) is 309 Å². The smallest absolute Gasteiger partial charge is 0.306 e. The van der Waals surface area contributed by atoms with E-state index in [-0.39, 0.29) is 31.1 Å². The summed E-state index contributed by atoms with van der Waals surface area (Å²) in [6, 6.07) is 0. The van der Waals surface area contributed by atoms with Crippen LogP contribution in [0.2, 0.25) is 0 Å². The minimum atomic E-state index is -0.783. The van der Waals surface area contributed by atoms with Crippen molar-refractivity contribution >= 4 is 17.9 Å². The van der Waals surface area contributed by atoms with Gasteiger partial charge in [0.1, 0.15) is 13.2 Å². The second-order valence-electron chi connectivity index (χ2n) is 19.5. The summed E-state index contributed by atoms with van der Waals surface area (Å²) in [7, 11) is 0. The summed E-state index contributed by atoms with van der Waals surface area (Å²) in [6.45, 7) is 6.48. The molecule has 0 amide bonds. The highest BCUT2D eigenvalue weighted by atomic mass is 16.6. The van der Waals surface area contributed by atoms with Crippen LogP contribution in [-0.2, 0) is 28.6 Å². The van der Waals surface area contributed by atoms with Gasteiger partial charge in [-0.2, -0.15) is 0 Å². The van der Waals surface area contributed by atoms with Gasteiger partial charge in [-0.3, -0.25) is 14.4 Å². The monoisotopic (exact) mass is 939 g/mol. The van der Waals surface area contributed by atoms with Gasteiger partial charge in [-0.15, -0.1) is 0 Å². The van der Waals surface area contributed by atoms with Crippen LogP contribution in [0.1, 0.15) is 303 Å². The molecule has 0 aromatic heterocycles. The van der Waals surface area contributed by atoms with Crippen molar-refractivity contribution in [3.8, 4) is 0 Å². The third-order valence-electron chi connectivity index (χ3n) is 12.8. The number of esters is 3. The Labute approximate surface area is 416 Å². The number of hydrogen-bond donors (Lipinski definition) is 0. The molecule has 6 heteroatoms. The highest BCUT2D eigenvalue weighted by molar-refractivity contribution is 5.71. The summed E-state index contributed by atoms with van der Waals surface area (Å²) in [5, 5.41) is 0. The number of ether oxygens (including phenoxy) is 3. The zero-order valence-corrected chi connectivity index (χ0v) is 44.7. The summed E-state index contributed by atoms with van der Waals surface area (Å²) < 4.78 is 16.8. The van der Waals surface area contributed by atoms with Crippen molar-refractivity contribution in [3.63, 3.8) is 0 Å². The average Bonchev–Trinajstić information content (AvgIpc) is 3.33. The van der Waals surface area contributed by atoms with E-state index in [0.717, 1.165) is 109 Å². The molecular formula is C61H110O6. The topological polar surface area (TPSA) is 78.9 Å². The Hall–Kier alpha value is -2.63. The van der Waals surface area contributed by atoms with Crippen molar-refractivity contribution in [2.75, 3.05) is 13.2 Å². The summed E-state index contributed by atoms with van der Waals surface area (Å²) in [5.74, 6) is -0.896. The van der Waals surface area contributed by atoms with Crippen LogP contribution >= 0.6 is 0 Å². The molecular weight excluding hydrogens is 829 g/mol. The van der Waals surface area contributed by atoms with E-state index in [2.05, 4.69) is 69.4 Å². The summed E-state index contributed by atoms with van der Waals surface area (Å²) in [6.07, 6.45) is 68.4. The molecule has 0 saturated heterocycles. The molecule has 0 aliphatic carbocycles. The standard InChI is InChI=1S/C61H110O6/c1-4-7-10-13-16-19-22-24-26-27-28-29-30-31-32-33-34-36-37-39-42-45-48-51-54-60(63)66-57-58(56-65-59(62)53-50-47-44-41-21-18-15-12-9-6-3)67-61(64)55-52-49-46-43-40-38-35-25-23-20-17-14-11-8-5-2/h8,11-12,15,17,20,25,35,58H,4-7,9-10,13-14,16,18-19,21-24,26-34,36-57H2,1-3H3/b11-8-,15-12-,20-17-,35-25-. The molecule has 0 spiro atoms. The van der Waals surface area contributed by atoms with Gasteiger partial charge < -0.3 is 14.2 Å². The van der Waals surface area contributed by atoms with Gasteiger partial charge in [0.05, 0.1) is 0 Å². The molecule has 0 aromatic carbocycles. The van der Waals surface area contributed by atoms with Gasteiger partial charge in [0.15, 0.2) is 6.10 Å². The molecule has 1 unspecified atom stereocenters. The maximum Gasteiger partial charge on any atom is 0.306 e. The summed E-state index contributed by atoms with van der Waals surface area (Å²) >= 11 is 0. The Bertz CT molecular complexity index is 1170. The first kappa shape index (κ1) is 64.4. The lowest BCUT2D eigenvalue weighted by atomic mass is 10.0. The van der Waals surface area contributed by atoms with E-state index in [1.54, 1.807) is 0 Å². The fourth-order valence-corrected chi connectivity index (χ4v) is 8.46. The molecule has 6 nitrogen and oxygen atoms in total. The fraction of sp³-hybridized carbons (Fsp3) is 0.820. The Morgan fingerprint density at radius 2 is 0.612 bits per heavy atom. The van der Waals surface area contributed by atoms with E-state index in [9.17, 15) is 14.4 Å². The van der Waals surface area contributed by atoms with E-state index in [1.165, 1.54) is 154 Å². The fourth-order valence-electron chi connectivity index (χ4n) is 8.46. The number of allylic oxidation sites excluding steroid dienone is 8. The van der Waals surface area contributed by atoms with E-state index in [0.29, 0.717) is 19.3 Å². The van der Waals surface area contributed by atoms with Crippen LogP contribution in [0.3, 0.4) is 0 Å². The van der Waals surface area contributed by atoms with Gasteiger partial charge in [0.25, 0.3) is 0 Å². The zero-order chi connectivity index (χ0) is 48.6. The third-order valence-corrected chi connectivity index (χ3v) is 12.8. The van der Waals surface area contributed by atoms with Gasteiger partial charge in [0, 0.05) is 19.3 Å². The van der Waals surface area contributed by atoms with Crippen molar-refractivity contribution in [2.24, 2.45) is 0 Å². The minimum Gasteiger partial charge on any atom is -0.462 e. The van der Waals surface area contributed by atoms with Crippen LogP contribution in [0.25, 0.3) is 0 Å².